The number of halogens is 3. The number of hydrogen-bond acceptors (Lipinski definition) is 4. The fraction of sp³-hybridized carbons (Fsp3) is 0.583. The van der Waals surface area contributed by atoms with E-state index in [0.717, 1.165) is 31.5 Å². The molecule has 1 unspecified atom stereocenters. The summed E-state index contributed by atoms with van der Waals surface area (Å²) >= 11 is 1.93. The number of alkyl halides is 3. The van der Waals surface area contributed by atoms with E-state index in [9.17, 15) is 13.2 Å². The minimum absolute atomic E-state index is 0.283. The van der Waals surface area contributed by atoms with E-state index in [1.807, 2.05) is 11.8 Å². The van der Waals surface area contributed by atoms with Gasteiger partial charge in [-0.05, 0) is 18.6 Å². The molecule has 106 valence electrons. The number of anilines is 1. The van der Waals surface area contributed by atoms with Crippen LogP contribution in [0.15, 0.2) is 18.3 Å². The molecule has 0 radical (unpaired) electrons. The Bertz CT molecular complexity index is 410. The van der Waals surface area contributed by atoms with Gasteiger partial charge < -0.3 is 9.64 Å². The van der Waals surface area contributed by atoms with E-state index in [1.54, 1.807) is 6.07 Å². The summed E-state index contributed by atoms with van der Waals surface area (Å²) in [5.74, 6) is 1.43. The van der Waals surface area contributed by atoms with Gasteiger partial charge in [-0.1, -0.05) is 6.92 Å². The lowest BCUT2D eigenvalue weighted by molar-refractivity contribution is -0.274. The van der Waals surface area contributed by atoms with E-state index in [4.69, 9.17) is 0 Å². The summed E-state index contributed by atoms with van der Waals surface area (Å²) in [6.45, 7) is 3.89. The van der Waals surface area contributed by atoms with Crippen LogP contribution in [0.2, 0.25) is 0 Å². The Morgan fingerprint density at radius 2 is 2.26 bits per heavy atom. The molecule has 1 aromatic heterocycles. The predicted molar refractivity (Wildman–Crippen MR) is 69.7 cm³/mol. The second-order valence-electron chi connectivity index (χ2n) is 4.25. The molecule has 0 spiro atoms. The molecule has 1 atom stereocenters. The molecule has 1 fully saturated rings. The standard InChI is InChI=1S/C12H15F3N2OS/c1-2-10-8-17(5-6-19-10)11-4-3-9(7-16-11)18-12(13,14)15/h3-4,7,10H,2,5-6,8H2,1H3. The van der Waals surface area contributed by atoms with E-state index in [1.165, 1.54) is 6.07 Å². The van der Waals surface area contributed by atoms with Crippen LogP contribution in [0.3, 0.4) is 0 Å². The molecule has 1 saturated heterocycles. The first-order valence-electron chi connectivity index (χ1n) is 6.06. The Hall–Kier alpha value is -1.11. The van der Waals surface area contributed by atoms with E-state index >= 15 is 0 Å². The normalized spacial score (nSPS) is 20.4. The Morgan fingerprint density at radius 3 is 2.84 bits per heavy atom. The van der Waals surface area contributed by atoms with Crippen LogP contribution >= 0.6 is 11.8 Å². The molecule has 3 nitrogen and oxygen atoms in total. The summed E-state index contributed by atoms with van der Waals surface area (Å²) in [6, 6.07) is 2.88. The molecule has 0 amide bonds. The fourth-order valence-corrected chi connectivity index (χ4v) is 3.11. The summed E-state index contributed by atoms with van der Waals surface area (Å²) in [5, 5.41) is 0.557. The van der Waals surface area contributed by atoms with Crippen molar-refractivity contribution in [3.63, 3.8) is 0 Å². The van der Waals surface area contributed by atoms with Gasteiger partial charge in [0.25, 0.3) is 0 Å². The lowest BCUT2D eigenvalue weighted by atomic mass is 10.3. The van der Waals surface area contributed by atoms with E-state index in [0.29, 0.717) is 11.1 Å². The van der Waals surface area contributed by atoms with Gasteiger partial charge in [0.05, 0.1) is 6.20 Å². The number of rotatable bonds is 3. The van der Waals surface area contributed by atoms with Crippen molar-refractivity contribution in [3.05, 3.63) is 18.3 Å². The molecule has 0 bridgehead atoms. The summed E-state index contributed by atoms with van der Waals surface area (Å²) in [6.07, 6.45) is -2.47. The minimum Gasteiger partial charge on any atom is -0.404 e. The molecule has 0 N–H and O–H groups in total. The zero-order valence-corrected chi connectivity index (χ0v) is 11.3. The fourth-order valence-electron chi connectivity index (χ4n) is 1.93. The van der Waals surface area contributed by atoms with Crippen molar-refractivity contribution in [3.8, 4) is 5.75 Å². The number of pyridine rings is 1. The van der Waals surface area contributed by atoms with Gasteiger partial charge in [0, 0.05) is 24.1 Å². The Kier molecular flexibility index (Phi) is 4.44. The molecular weight excluding hydrogens is 277 g/mol. The zero-order valence-electron chi connectivity index (χ0n) is 10.5. The highest BCUT2D eigenvalue weighted by Crippen LogP contribution is 2.27. The minimum atomic E-state index is -4.67. The molecular formula is C12H15F3N2OS. The van der Waals surface area contributed by atoms with Gasteiger partial charge in [-0.2, -0.15) is 11.8 Å². The Morgan fingerprint density at radius 1 is 1.47 bits per heavy atom. The quantitative estimate of drug-likeness (QED) is 0.853. The molecule has 1 aromatic rings. The second-order valence-corrected chi connectivity index (χ2v) is 5.66. The number of thioether (sulfide) groups is 1. The molecule has 1 aliphatic rings. The molecule has 0 saturated carbocycles. The Labute approximate surface area is 114 Å². The largest absolute Gasteiger partial charge is 0.573 e. The van der Waals surface area contributed by atoms with Crippen molar-refractivity contribution >= 4 is 17.6 Å². The number of nitrogens with zero attached hydrogens (tertiary/aromatic N) is 2. The van der Waals surface area contributed by atoms with Gasteiger partial charge in [-0.3, -0.25) is 0 Å². The van der Waals surface area contributed by atoms with Crippen molar-refractivity contribution in [2.75, 3.05) is 23.7 Å². The SMILES string of the molecule is CCC1CN(c2ccc(OC(F)(F)F)cn2)CCS1. The van der Waals surface area contributed by atoms with Crippen LogP contribution in [-0.2, 0) is 0 Å². The van der Waals surface area contributed by atoms with Crippen LogP contribution in [-0.4, -0.2) is 35.4 Å². The van der Waals surface area contributed by atoms with Crippen LogP contribution in [0, 0.1) is 0 Å². The first-order chi connectivity index (χ1) is 8.98. The highest BCUT2D eigenvalue weighted by Gasteiger charge is 2.31. The first-order valence-corrected chi connectivity index (χ1v) is 7.11. The van der Waals surface area contributed by atoms with Gasteiger partial charge in [0.15, 0.2) is 0 Å². The number of hydrogen-bond donors (Lipinski definition) is 0. The van der Waals surface area contributed by atoms with Crippen molar-refractivity contribution in [1.82, 2.24) is 4.98 Å². The summed E-state index contributed by atoms with van der Waals surface area (Å²) in [4.78, 5) is 6.15. The molecule has 19 heavy (non-hydrogen) atoms. The van der Waals surface area contributed by atoms with Crippen molar-refractivity contribution in [1.29, 1.82) is 0 Å². The van der Waals surface area contributed by atoms with Crippen molar-refractivity contribution < 1.29 is 17.9 Å². The van der Waals surface area contributed by atoms with E-state index < -0.39 is 6.36 Å². The van der Waals surface area contributed by atoms with Crippen molar-refractivity contribution in [2.24, 2.45) is 0 Å². The summed E-state index contributed by atoms with van der Waals surface area (Å²) in [5.41, 5.74) is 0. The summed E-state index contributed by atoms with van der Waals surface area (Å²) < 4.78 is 39.9. The molecule has 7 heteroatoms. The molecule has 2 rings (SSSR count). The van der Waals surface area contributed by atoms with E-state index in [-0.39, 0.29) is 5.75 Å². The van der Waals surface area contributed by atoms with Gasteiger partial charge >= 0.3 is 6.36 Å². The van der Waals surface area contributed by atoms with Gasteiger partial charge in [-0.25, -0.2) is 4.98 Å². The highest BCUT2D eigenvalue weighted by atomic mass is 32.2. The molecule has 2 heterocycles. The predicted octanol–water partition coefficient (Wildman–Crippen LogP) is 3.31. The molecule has 1 aliphatic heterocycles. The third-order valence-corrected chi connectivity index (χ3v) is 4.24. The highest BCUT2D eigenvalue weighted by molar-refractivity contribution is 8.00. The Balaban J connectivity index is 2.01. The van der Waals surface area contributed by atoms with Crippen molar-refractivity contribution in [2.45, 2.75) is 25.0 Å². The molecule has 0 aromatic carbocycles. The third kappa shape index (κ3) is 4.19. The average molecular weight is 292 g/mol. The monoisotopic (exact) mass is 292 g/mol. The van der Waals surface area contributed by atoms with Crippen LogP contribution in [0.4, 0.5) is 19.0 Å². The second kappa shape index (κ2) is 5.90. The maximum absolute atomic E-state index is 12.0. The first kappa shape index (κ1) is 14.3. The lowest BCUT2D eigenvalue weighted by Gasteiger charge is -2.32. The average Bonchev–Trinajstić information content (AvgIpc) is 2.38. The maximum Gasteiger partial charge on any atom is 0.573 e. The van der Waals surface area contributed by atoms with Crippen LogP contribution in [0.5, 0.6) is 5.75 Å². The van der Waals surface area contributed by atoms with Crippen LogP contribution in [0.25, 0.3) is 0 Å². The molecule has 0 aliphatic carbocycles. The topological polar surface area (TPSA) is 25.4 Å². The summed E-state index contributed by atoms with van der Waals surface area (Å²) in [7, 11) is 0. The van der Waals surface area contributed by atoms with Gasteiger partial charge in [0.1, 0.15) is 11.6 Å². The maximum atomic E-state index is 12.0. The lowest BCUT2D eigenvalue weighted by Crippen LogP contribution is -2.38. The number of ether oxygens (including phenoxy) is 1. The third-order valence-electron chi connectivity index (χ3n) is 2.87. The smallest absolute Gasteiger partial charge is 0.404 e. The number of aromatic nitrogens is 1. The van der Waals surface area contributed by atoms with Gasteiger partial charge in [0.2, 0.25) is 0 Å². The zero-order chi connectivity index (χ0) is 13.9. The van der Waals surface area contributed by atoms with E-state index in [2.05, 4.69) is 21.5 Å². The van der Waals surface area contributed by atoms with Crippen LogP contribution < -0.4 is 9.64 Å². The van der Waals surface area contributed by atoms with Crippen LogP contribution in [0.1, 0.15) is 13.3 Å². The van der Waals surface area contributed by atoms with Gasteiger partial charge in [-0.15, -0.1) is 13.2 Å².